The Labute approximate surface area is 129 Å². The van der Waals surface area contributed by atoms with Crippen LogP contribution in [0.2, 0.25) is 0 Å². The van der Waals surface area contributed by atoms with E-state index in [0.717, 1.165) is 0 Å². The van der Waals surface area contributed by atoms with E-state index in [1.54, 1.807) is 34.4 Å². The van der Waals surface area contributed by atoms with Crippen LogP contribution in [0.5, 0.6) is 5.75 Å². The highest BCUT2D eigenvalue weighted by molar-refractivity contribution is 7.09. The molecule has 4 nitrogen and oxygen atoms in total. The lowest BCUT2D eigenvalue weighted by molar-refractivity contribution is 0.0754. The minimum atomic E-state index is -0.0286. The molecule has 0 aliphatic heterocycles. The number of hydrogen-bond donors (Lipinski definition) is 1. The van der Waals surface area contributed by atoms with E-state index < -0.39 is 0 Å². The van der Waals surface area contributed by atoms with E-state index in [9.17, 15) is 4.79 Å². The molecule has 0 radical (unpaired) electrons. The summed E-state index contributed by atoms with van der Waals surface area (Å²) in [6, 6.07) is 9.20. The molecule has 21 heavy (non-hydrogen) atoms. The van der Waals surface area contributed by atoms with Gasteiger partial charge in [-0.2, -0.15) is 0 Å². The molecule has 0 spiro atoms. The molecule has 112 valence electrons. The van der Waals surface area contributed by atoms with Crippen molar-refractivity contribution >= 4 is 22.9 Å². The maximum Gasteiger partial charge on any atom is 0.254 e. The van der Waals surface area contributed by atoms with E-state index in [1.165, 1.54) is 4.88 Å². The Kier molecular flexibility index (Phi) is 5.22. The van der Waals surface area contributed by atoms with Crippen molar-refractivity contribution in [1.29, 1.82) is 0 Å². The van der Waals surface area contributed by atoms with Gasteiger partial charge in [0.05, 0.1) is 13.2 Å². The largest absolute Gasteiger partial charge is 0.494 e. The molecule has 0 aliphatic rings. The number of carbonyl (C=O) groups is 1. The SMILES string of the molecule is CCOc1cc(N)cc(C(=O)N(CC)Cc2cccs2)c1. The number of hydrogen-bond acceptors (Lipinski definition) is 4. The minimum Gasteiger partial charge on any atom is -0.494 e. The van der Waals surface area contributed by atoms with Crippen LogP contribution in [0, 0.1) is 0 Å². The highest BCUT2D eigenvalue weighted by atomic mass is 32.1. The Morgan fingerprint density at radius 3 is 2.76 bits per heavy atom. The van der Waals surface area contributed by atoms with Crippen LogP contribution in [0.1, 0.15) is 29.1 Å². The Balaban J connectivity index is 2.20. The van der Waals surface area contributed by atoms with E-state index in [0.29, 0.717) is 36.7 Å². The van der Waals surface area contributed by atoms with Crippen molar-refractivity contribution in [3.05, 3.63) is 46.2 Å². The number of carbonyl (C=O) groups excluding carboxylic acids is 1. The summed E-state index contributed by atoms with van der Waals surface area (Å²) >= 11 is 1.65. The van der Waals surface area contributed by atoms with Crippen LogP contribution in [0.25, 0.3) is 0 Å². The van der Waals surface area contributed by atoms with Crippen molar-refractivity contribution in [1.82, 2.24) is 4.90 Å². The van der Waals surface area contributed by atoms with E-state index in [4.69, 9.17) is 10.5 Å². The summed E-state index contributed by atoms with van der Waals surface area (Å²) in [6.45, 7) is 5.69. The summed E-state index contributed by atoms with van der Waals surface area (Å²) in [4.78, 5) is 15.6. The van der Waals surface area contributed by atoms with E-state index in [1.807, 2.05) is 31.4 Å². The molecule has 5 heteroatoms. The van der Waals surface area contributed by atoms with Crippen LogP contribution in [-0.4, -0.2) is 24.0 Å². The van der Waals surface area contributed by atoms with Gasteiger partial charge in [0.25, 0.3) is 5.91 Å². The molecule has 1 aromatic carbocycles. The van der Waals surface area contributed by atoms with Crippen LogP contribution in [0.3, 0.4) is 0 Å². The zero-order valence-electron chi connectivity index (χ0n) is 12.3. The standard InChI is InChI=1S/C16H20N2O2S/c1-3-18(11-15-6-5-7-21-15)16(19)12-8-13(17)10-14(9-12)20-4-2/h5-10H,3-4,11,17H2,1-2H3. The molecular formula is C16H20N2O2S. The maximum absolute atomic E-state index is 12.6. The van der Waals surface area contributed by atoms with Gasteiger partial charge < -0.3 is 15.4 Å². The summed E-state index contributed by atoms with van der Waals surface area (Å²) in [7, 11) is 0. The van der Waals surface area contributed by atoms with E-state index in [2.05, 4.69) is 0 Å². The van der Waals surface area contributed by atoms with Gasteiger partial charge in [-0.05, 0) is 37.4 Å². The second-order valence-corrected chi connectivity index (χ2v) is 5.65. The zero-order chi connectivity index (χ0) is 15.2. The molecule has 0 unspecified atom stereocenters. The smallest absolute Gasteiger partial charge is 0.254 e. The quantitative estimate of drug-likeness (QED) is 0.832. The topological polar surface area (TPSA) is 55.6 Å². The summed E-state index contributed by atoms with van der Waals surface area (Å²) in [5, 5.41) is 2.02. The van der Waals surface area contributed by atoms with Crippen LogP contribution in [-0.2, 0) is 6.54 Å². The van der Waals surface area contributed by atoms with Crippen molar-refractivity contribution in [3.8, 4) is 5.75 Å². The fourth-order valence-electron chi connectivity index (χ4n) is 2.10. The summed E-state index contributed by atoms with van der Waals surface area (Å²) in [5.41, 5.74) is 6.96. The summed E-state index contributed by atoms with van der Waals surface area (Å²) in [6.07, 6.45) is 0. The number of nitrogen functional groups attached to an aromatic ring is 1. The normalized spacial score (nSPS) is 10.4. The second-order valence-electron chi connectivity index (χ2n) is 4.62. The van der Waals surface area contributed by atoms with Gasteiger partial charge >= 0.3 is 0 Å². The fourth-order valence-corrected chi connectivity index (χ4v) is 2.82. The first-order valence-electron chi connectivity index (χ1n) is 6.99. The summed E-state index contributed by atoms with van der Waals surface area (Å²) < 4.78 is 5.45. The average molecular weight is 304 g/mol. The number of ether oxygens (including phenoxy) is 1. The molecule has 2 aromatic rings. The number of benzene rings is 1. The fraction of sp³-hybridized carbons (Fsp3) is 0.312. The number of anilines is 1. The lowest BCUT2D eigenvalue weighted by Gasteiger charge is -2.20. The molecule has 0 bridgehead atoms. The van der Waals surface area contributed by atoms with Crippen LogP contribution < -0.4 is 10.5 Å². The van der Waals surface area contributed by atoms with Gasteiger partial charge in [-0.15, -0.1) is 11.3 Å². The number of amides is 1. The zero-order valence-corrected chi connectivity index (χ0v) is 13.2. The van der Waals surface area contributed by atoms with Crippen LogP contribution in [0.15, 0.2) is 35.7 Å². The van der Waals surface area contributed by atoms with Crippen molar-refractivity contribution in [2.24, 2.45) is 0 Å². The van der Waals surface area contributed by atoms with Crippen LogP contribution in [0.4, 0.5) is 5.69 Å². The second kappa shape index (κ2) is 7.13. The third kappa shape index (κ3) is 3.98. The average Bonchev–Trinajstić information content (AvgIpc) is 2.96. The molecule has 1 heterocycles. The first-order chi connectivity index (χ1) is 10.1. The molecule has 0 fully saturated rings. The van der Waals surface area contributed by atoms with Gasteiger partial charge in [0.2, 0.25) is 0 Å². The number of rotatable bonds is 6. The van der Waals surface area contributed by atoms with Crippen LogP contribution >= 0.6 is 11.3 Å². The highest BCUT2D eigenvalue weighted by Crippen LogP contribution is 2.21. The van der Waals surface area contributed by atoms with Crippen molar-refractivity contribution in [3.63, 3.8) is 0 Å². The Bertz CT molecular complexity index is 596. The molecule has 2 rings (SSSR count). The number of nitrogens with zero attached hydrogens (tertiary/aromatic N) is 1. The molecular weight excluding hydrogens is 284 g/mol. The predicted molar refractivity (Wildman–Crippen MR) is 86.8 cm³/mol. The molecule has 1 aromatic heterocycles. The summed E-state index contributed by atoms with van der Waals surface area (Å²) in [5.74, 6) is 0.604. The molecule has 0 saturated carbocycles. The first kappa shape index (κ1) is 15.4. The Morgan fingerprint density at radius 2 is 2.14 bits per heavy atom. The van der Waals surface area contributed by atoms with Gasteiger partial charge in [-0.3, -0.25) is 4.79 Å². The monoisotopic (exact) mass is 304 g/mol. The first-order valence-corrected chi connectivity index (χ1v) is 7.87. The van der Waals surface area contributed by atoms with Gasteiger partial charge in [-0.1, -0.05) is 6.07 Å². The van der Waals surface area contributed by atoms with Crippen molar-refractivity contribution in [2.45, 2.75) is 20.4 Å². The minimum absolute atomic E-state index is 0.0286. The van der Waals surface area contributed by atoms with Gasteiger partial charge in [0, 0.05) is 28.7 Å². The van der Waals surface area contributed by atoms with E-state index in [-0.39, 0.29) is 5.91 Å². The third-order valence-electron chi connectivity index (χ3n) is 3.08. The lowest BCUT2D eigenvalue weighted by Crippen LogP contribution is -2.30. The van der Waals surface area contributed by atoms with Crippen molar-refractivity contribution < 1.29 is 9.53 Å². The molecule has 2 N–H and O–H groups in total. The Hall–Kier alpha value is -2.01. The third-order valence-corrected chi connectivity index (χ3v) is 3.94. The molecule has 0 saturated heterocycles. The van der Waals surface area contributed by atoms with Gasteiger partial charge in [0.1, 0.15) is 5.75 Å². The number of nitrogens with two attached hydrogens (primary N) is 1. The maximum atomic E-state index is 12.6. The highest BCUT2D eigenvalue weighted by Gasteiger charge is 2.16. The lowest BCUT2D eigenvalue weighted by atomic mass is 10.1. The number of thiophene rings is 1. The van der Waals surface area contributed by atoms with Gasteiger partial charge in [-0.25, -0.2) is 0 Å². The molecule has 0 atom stereocenters. The molecule has 0 aliphatic carbocycles. The molecule has 1 amide bonds. The predicted octanol–water partition coefficient (Wildman–Crippen LogP) is 3.39. The Morgan fingerprint density at radius 1 is 1.33 bits per heavy atom. The van der Waals surface area contributed by atoms with E-state index >= 15 is 0 Å². The van der Waals surface area contributed by atoms with Gasteiger partial charge in [0.15, 0.2) is 0 Å². The van der Waals surface area contributed by atoms with Crippen molar-refractivity contribution in [2.75, 3.05) is 18.9 Å².